The van der Waals surface area contributed by atoms with Gasteiger partial charge in [0.15, 0.2) is 0 Å². The van der Waals surface area contributed by atoms with Crippen molar-refractivity contribution < 1.29 is 14.3 Å². The topological polar surface area (TPSA) is 58.6 Å². The molecule has 0 bridgehead atoms. The average Bonchev–Trinajstić information content (AvgIpc) is 2.57. The van der Waals surface area contributed by atoms with Crippen LogP contribution in [0.2, 0.25) is 0 Å². The summed E-state index contributed by atoms with van der Waals surface area (Å²) in [6, 6.07) is 7.63. The van der Waals surface area contributed by atoms with Crippen LogP contribution in [0.4, 0.5) is 10.5 Å². The molecule has 0 aliphatic carbocycles. The Hall–Kier alpha value is -2.04. The Bertz CT molecular complexity index is 547. The minimum Gasteiger partial charge on any atom is -0.447 e. The van der Waals surface area contributed by atoms with Crippen LogP contribution in [0.3, 0.4) is 0 Å². The molecule has 0 radical (unpaired) electrons. The zero-order valence-electron chi connectivity index (χ0n) is 11.0. The summed E-state index contributed by atoms with van der Waals surface area (Å²) < 4.78 is 5.14. The van der Waals surface area contributed by atoms with E-state index in [-0.39, 0.29) is 18.1 Å². The van der Waals surface area contributed by atoms with Gasteiger partial charge in [0, 0.05) is 18.8 Å². The number of amides is 2. The summed E-state index contributed by atoms with van der Waals surface area (Å²) in [5.74, 6) is -0.0257. The normalized spacial score (nSPS) is 19.1. The second kappa shape index (κ2) is 3.98. The first-order valence-electron chi connectivity index (χ1n) is 6.39. The summed E-state index contributed by atoms with van der Waals surface area (Å²) in [6.07, 6.45) is -0.494. The highest BCUT2D eigenvalue weighted by Gasteiger charge is 2.56. The third kappa shape index (κ3) is 1.69. The zero-order chi connectivity index (χ0) is 13.6. The van der Waals surface area contributed by atoms with Gasteiger partial charge in [-0.3, -0.25) is 4.79 Å². The van der Waals surface area contributed by atoms with E-state index in [0.717, 1.165) is 11.3 Å². The van der Waals surface area contributed by atoms with Crippen molar-refractivity contribution in [2.75, 3.05) is 18.4 Å². The first kappa shape index (κ1) is 12.0. The molecule has 1 fully saturated rings. The number of hydrogen-bond donors (Lipinski definition) is 1. The maximum Gasteiger partial charge on any atom is 0.410 e. The summed E-state index contributed by atoms with van der Waals surface area (Å²) in [5.41, 5.74) is 1.25. The predicted octanol–water partition coefficient (Wildman–Crippen LogP) is 1.74. The number of nitrogens with zero attached hydrogens (tertiary/aromatic N) is 1. The molecule has 1 aromatic rings. The smallest absolute Gasteiger partial charge is 0.410 e. The molecule has 3 rings (SSSR count). The molecule has 2 aliphatic rings. The molecule has 1 spiro atoms. The van der Waals surface area contributed by atoms with Gasteiger partial charge in [-0.25, -0.2) is 4.79 Å². The molecule has 1 N–H and O–H groups in total. The Labute approximate surface area is 111 Å². The first-order valence-corrected chi connectivity index (χ1v) is 6.39. The quantitative estimate of drug-likeness (QED) is 0.836. The van der Waals surface area contributed by atoms with Crippen LogP contribution in [-0.4, -0.2) is 36.1 Å². The van der Waals surface area contributed by atoms with E-state index in [1.807, 2.05) is 38.1 Å². The van der Waals surface area contributed by atoms with Crippen molar-refractivity contribution in [1.29, 1.82) is 0 Å². The van der Waals surface area contributed by atoms with Gasteiger partial charge in [0.25, 0.3) is 0 Å². The number of ether oxygens (including phenoxy) is 1. The highest BCUT2D eigenvalue weighted by molar-refractivity contribution is 6.08. The largest absolute Gasteiger partial charge is 0.447 e. The van der Waals surface area contributed by atoms with Crippen molar-refractivity contribution in [1.82, 2.24) is 4.90 Å². The van der Waals surface area contributed by atoms with E-state index in [9.17, 15) is 9.59 Å². The van der Waals surface area contributed by atoms with Gasteiger partial charge in [0.2, 0.25) is 5.91 Å². The van der Waals surface area contributed by atoms with Crippen LogP contribution in [0.25, 0.3) is 0 Å². The molecule has 0 saturated carbocycles. The molecular formula is C14H16N2O3. The number of carbonyl (C=O) groups excluding carboxylic acids is 2. The maximum atomic E-state index is 12.1. The van der Waals surface area contributed by atoms with Crippen molar-refractivity contribution in [3.05, 3.63) is 29.8 Å². The molecule has 2 amide bonds. The highest BCUT2D eigenvalue weighted by atomic mass is 16.6. The summed E-state index contributed by atoms with van der Waals surface area (Å²) in [6.45, 7) is 4.40. The van der Waals surface area contributed by atoms with Crippen LogP contribution in [-0.2, 0) is 14.9 Å². The SMILES string of the molecule is CC(C)OC(=O)N1CC2(C1)C(=O)Nc1ccccc12. The maximum absolute atomic E-state index is 12.1. The molecule has 1 aromatic carbocycles. The number of rotatable bonds is 1. The van der Waals surface area contributed by atoms with E-state index in [4.69, 9.17) is 4.74 Å². The summed E-state index contributed by atoms with van der Waals surface area (Å²) in [4.78, 5) is 25.5. The molecule has 0 aromatic heterocycles. The highest BCUT2D eigenvalue weighted by Crippen LogP contribution is 2.44. The molecule has 2 aliphatic heterocycles. The van der Waals surface area contributed by atoms with Gasteiger partial charge in [-0.2, -0.15) is 0 Å². The molecule has 2 heterocycles. The standard InChI is InChI=1S/C14H16N2O3/c1-9(2)19-13(18)16-7-14(8-16)10-5-3-4-6-11(10)15-12(14)17/h3-6,9H,7-8H2,1-2H3,(H,15,17). The Morgan fingerprint density at radius 2 is 2.05 bits per heavy atom. The number of anilines is 1. The minimum absolute atomic E-state index is 0.0257. The van der Waals surface area contributed by atoms with Crippen LogP contribution in [0.1, 0.15) is 19.4 Å². The Balaban J connectivity index is 1.78. The molecular weight excluding hydrogens is 244 g/mol. The first-order chi connectivity index (χ1) is 9.03. The second-order valence-electron chi connectivity index (χ2n) is 5.37. The lowest BCUT2D eigenvalue weighted by molar-refractivity contribution is -0.126. The third-order valence-electron chi connectivity index (χ3n) is 3.64. The van der Waals surface area contributed by atoms with E-state index in [1.54, 1.807) is 4.90 Å². The molecule has 5 nitrogen and oxygen atoms in total. The minimum atomic E-state index is -0.577. The lowest BCUT2D eigenvalue weighted by atomic mass is 9.75. The number of likely N-dealkylation sites (tertiary alicyclic amines) is 1. The zero-order valence-corrected chi connectivity index (χ0v) is 11.0. The van der Waals surface area contributed by atoms with Crippen LogP contribution >= 0.6 is 0 Å². The van der Waals surface area contributed by atoms with Crippen molar-refractivity contribution in [3.8, 4) is 0 Å². The monoisotopic (exact) mass is 260 g/mol. The van der Waals surface area contributed by atoms with Gasteiger partial charge in [0.05, 0.1) is 6.10 Å². The number of hydrogen-bond acceptors (Lipinski definition) is 3. The van der Waals surface area contributed by atoms with Gasteiger partial charge >= 0.3 is 6.09 Å². The summed E-state index contributed by atoms with van der Waals surface area (Å²) in [5, 5.41) is 2.87. The molecule has 0 unspecified atom stereocenters. The van der Waals surface area contributed by atoms with E-state index in [0.29, 0.717) is 13.1 Å². The van der Waals surface area contributed by atoms with E-state index in [1.165, 1.54) is 0 Å². The van der Waals surface area contributed by atoms with E-state index < -0.39 is 5.41 Å². The van der Waals surface area contributed by atoms with E-state index >= 15 is 0 Å². The van der Waals surface area contributed by atoms with Crippen molar-refractivity contribution in [2.24, 2.45) is 0 Å². The van der Waals surface area contributed by atoms with Crippen LogP contribution in [0, 0.1) is 0 Å². The number of carbonyl (C=O) groups is 2. The van der Waals surface area contributed by atoms with Crippen molar-refractivity contribution in [3.63, 3.8) is 0 Å². The summed E-state index contributed by atoms with van der Waals surface area (Å²) >= 11 is 0. The van der Waals surface area contributed by atoms with Crippen LogP contribution < -0.4 is 5.32 Å². The number of nitrogens with one attached hydrogen (secondary N) is 1. The molecule has 1 saturated heterocycles. The average molecular weight is 260 g/mol. The fourth-order valence-electron chi connectivity index (χ4n) is 2.70. The van der Waals surface area contributed by atoms with Gasteiger partial charge in [-0.15, -0.1) is 0 Å². The van der Waals surface area contributed by atoms with Gasteiger partial charge in [0.1, 0.15) is 5.41 Å². The Kier molecular flexibility index (Phi) is 2.52. The molecule has 5 heteroatoms. The number of benzene rings is 1. The Morgan fingerprint density at radius 1 is 1.37 bits per heavy atom. The fraction of sp³-hybridized carbons (Fsp3) is 0.429. The third-order valence-corrected chi connectivity index (χ3v) is 3.64. The molecule has 19 heavy (non-hydrogen) atoms. The van der Waals surface area contributed by atoms with Crippen LogP contribution in [0.15, 0.2) is 24.3 Å². The Morgan fingerprint density at radius 3 is 2.74 bits per heavy atom. The van der Waals surface area contributed by atoms with Crippen LogP contribution in [0.5, 0.6) is 0 Å². The lowest BCUT2D eigenvalue weighted by Crippen LogP contribution is -2.64. The lowest BCUT2D eigenvalue weighted by Gasteiger charge is -2.45. The van der Waals surface area contributed by atoms with Gasteiger partial charge in [-0.1, -0.05) is 18.2 Å². The van der Waals surface area contributed by atoms with E-state index in [2.05, 4.69) is 5.32 Å². The number of para-hydroxylation sites is 1. The van der Waals surface area contributed by atoms with Crippen molar-refractivity contribution in [2.45, 2.75) is 25.4 Å². The van der Waals surface area contributed by atoms with Crippen molar-refractivity contribution >= 4 is 17.7 Å². The summed E-state index contributed by atoms with van der Waals surface area (Å²) in [7, 11) is 0. The van der Waals surface area contributed by atoms with Gasteiger partial charge in [-0.05, 0) is 25.5 Å². The fourth-order valence-corrected chi connectivity index (χ4v) is 2.70. The predicted molar refractivity (Wildman–Crippen MR) is 69.9 cm³/mol. The molecule has 0 atom stereocenters. The second-order valence-corrected chi connectivity index (χ2v) is 5.37. The number of fused-ring (bicyclic) bond motifs is 2. The van der Waals surface area contributed by atoms with Gasteiger partial charge < -0.3 is 15.0 Å². The molecule has 100 valence electrons.